The molecule has 1 unspecified atom stereocenters. The monoisotopic (exact) mass is 451 g/mol. The summed E-state index contributed by atoms with van der Waals surface area (Å²) >= 11 is 0. The third-order valence-corrected chi connectivity index (χ3v) is 6.77. The highest BCUT2D eigenvalue weighted by molar-refractivity contribution is 7.90. The smallest absolute Gasteiger partial charge is 0.264 e. The van der Waals surface area contributed by atoms with Crippen molar-refractivity contribution in [1.82, 2.24) is 4.72 Å². The van der Waals surface area contributed by atoms with Gasteiger partial charge in [0.05, 0.1) is 10.8 Å². The Morgan fingerprint density at radius 2 is 1.66 bits per heavy atom. The second-order valence-electron chi connectivity index (χ2n) is 7.72. The van der Waals surface area contributed by atoms with Crippen molar-refractivity contribution in [2.24, 2.45) is 0 Å². The van der Waals surface area contributed by atoms with Crippen molar-refractivity contribution in [3.8, 4) is 11.5 Å². The van der Waals surface area contributed by atoms with Gasteiger partial charge in [0.2, 0.25) is 12.7 Å². The molecule has 3 aromatic rings. The van der Waals surface area contributed by atoms with Crippen molar-refractivity contribution in [2.75, 3.05) is 6.79 Å². The standard InChI is InChI=1S/C25H25NO5S/c1-2-6-18-9-12-21(13-10-18)32(28,29)26-25(27)22(15-19-7-4-3-5-8-19)20-11-14-23-24(16-20)31-17-30-23/h3-5,7-14,16,22H,2,6,15,17H2,1H3,(H,26,27). The lowest BCUT2D eigenvalue weighted by Crippen LogP contribution is -2.35. The summed E-state index contributed by atoms with van der Waals surface area (Å²) in [6.45, 7) is 2.19. The Bertz CT molecular complexity index is 1190. The van der Waals surface area contributed by atoms with Gasteiger partial charge in [-0.3, -0.25) is 4.79 Å². The van der Waals surface area contributed by atoms with E-state index in [1.54, 1.807) is 30.3 Å². The molecule has 0 bridgehead atoms. The van der Waals surface area contributed by atoms with Gasteiger partial charge in [-0.05, 0) is 53.8 Å². The first kappa shape index (κ1) is 21.9. The van der Waals surface area contributed by atoms with E-state index in [2.05, 4.69) is 11.6 Å². The van der Waals surface area contributed by atoms with Crippen LogP contribution in [0.4, 0.5) is 0 Å². The van der Waals surface area contributed by atoms with Crippen molar-refractivity contribution in [3.63, 3.8) is 0 Å². The Labute approximate surface area is 188 Å². The number of hydrogen-bond acceptors (Lipinski definition) is 5. The van der Waals surface area contributed by atoms with E-state index in [1.807, 2.05) is 30.3 Å². The van der Waals surface area contributed by atoms with Crippen molar-refractivity contribution in [3.05, 3.63) is 89.5 Å². The van der Waals surface area contributed by atoms with Gasteiger partial charge in [-0.1, -0.05) is 61.9 Å². The number of amides is 1. The van der Waals surface area contributed by atoms with Gasteiger partial charge in [-0.15, -0.1) is 0 Å². The van der Waals surface area contributed by atoms with Gasteiger partial charge >= 0.3 is 0 Å². The van der Waals surface area contributed by atoms with E-state index in [-0.39, 0.29) is 11.7 Å². The van der Waals surface area contributed by atoms with Crippen molar-refractivity contribution >= 4 is 15.9 Å². The maximum Gasteiger partial charge on any atom is 0.264 e. The first-order chi connectivity index (χ1) is 15.5. The molecule has 0 aliphatic carbocycles. The number of ether oxygens (including phenoxy) is 2. The molecule has 0 fully saturated rings. The van der Waals surface area contributed by atoms with E-state index in [0.717, 1.165) is 24.0 Å². The molecule has 0 saturated carbocycles. The number of carbonyl (C=O) groups is 1. The molecule has 0 saturated heterocycles. The zero-order chi connectivity index (χ0) is 22.6. The van der Waals surface area contributed by atoms with Crippen molar-refractivity contribution in [1.29, 1.82) is 0 Å². The number of nitrogens with one attached hydrogen (secondary N) is 1. The number of fused-ring (bicyclic) bond motifs is 1. The van der Waals surface area contributed by atoms with Gasteiger partial charge in [0.1, 0.15) is 0 Å². The summed E-state index contributed by atoms with van der Waals surface area (Å²) in [4.78, 5) is 13.3. The maximum atomic E-state index is 13.2. The van der Waals surface area contributed by atoms with Gasteiger partial charge in [0.25, 0.3) is 10.0 Å². The Hall–Kier alpha value is -3.32. The Kier molecular flexibility index (Phi) is 6.46. The summed E-state index contributed by atoms with van der Waals surface area (Å²) in [6, 6.07) is 21.4. The summed E-state index contributed by atoms with van der Waals surface area (Å²) in [7, 11) is -4.00. The molecule has 7 heteroatoms. The quantitative estimate of drug-likeness (QED) is 0.555. The molecule has 166 valence electrons. The average Bonchev–Trinajstić information content (AvgIpc) is 3.26. The first-order valence-electron chi connectivity index (χ1n) is 10.6. The van der Waals surface area contributed by atoms with Crippen LogP contribution in [0.3, 0.4) is 0 Å². The number of benzene rings is 3. The van der Waals surface area contributed by atoms with Crippen LogP contribution < -0.4 is 14.2 Å². The highest BCUT2D eigenvalue weighted by atomic mass is 32.2. The molecule has 1 amide bonds. The van der Waals surface area contributed by atoms with Crippen LogP contribution in [0.2, 0.25) is 0 Å². The van der Waals surface area contributed by atoms with E-state index < -0.39 is 21.8 Å². The first-order valence-corrected chi connectivity index (χ1v) is 12.0. The molecule has 3 aromatic carbocycles. The third kappa shape index (κ3) is 4.94. The van der Waals surface area contributed by atoms with E-state index in [0.29, 0.717) is 23.5 Å². The summed E-state index contributed by atoms with van der Waals surface area (Å²) in [5.74, 6) is -0.165. The molecule has 1 heterocycles. The van der Waals surface area contributed by atoms with Crippen LogP contribution in [0.1, 0.15) is 36.0 Å². The molecular formula is C25H25NO5S. The molecule has 0 aromatic heterocycles. The molecule has 1 aliphatic heterocycles. The Balaban J connectivity index is 1.60. The van der Waals surface area contributed by atoms with Crippen LogP contribution in [0, 0.1) is 0 Å². The van der Waals surface area contributed by atoms with Gasteiger partial charge < -0.3 is 9.47 Å². The molecular weight excluding hydrogens is 426 g/mol. The van der Waals surface area contributed by atoms with Gasteiger partial charge in [-0.25, -0.2) is 13.1 Å². The number of carbonyl (C=O) groups excluding carboxylic acids is 1. The number of aryl methyl sites for hydroxylation is 1. The summed E-state index contributed by atoms with van der Waals surface area (Å²) < 4.78 is 38.9. The second kappa shape index (κ2) is 9.44. The van der Waals surface area contributed by atoms with Crippen molar-refractivity contribution in [2.45, 2.75) is 37.0 Å². The van der Waals surface area contributed by atoms with E-state index >= 15 is 0 Å². The number of rotatable bonds is 8. The topological polar surface area (TPSA) is 81.7 Å². The fourth-order valence-corrected chi connectivity index (χ4v) is 4.75. The third-order valence-electron chi connectivity index (χ3n) is 5.41. The molecule has 6 nitrogen and oxygen atoms in total. The van der Waals surface area contributed by atoms with E-state index in [9.17, 15) is 13.2 Å². The molecule has 32 heavy (non-hydrogen) atoms. The van der Waals surface area contributed by atoms with Crippen LogP contribution >= 0.6 is 0 Å². The maximum absolute atomic E-state index is 13.2. The average molecular weight is 452 g/mol. The Morgan fingerprint density at radius 3 is 2.38 bits per heavy atom. The Morgan fingerprint density at radius 1 is 0.938 bits per heavy atom. The van der Waals surface area contributed by atoms with Gasteiger partial charge in [0.15, 0.2) is 11.5 Å². The zero-order valence-electron chi connectivity index (χ0n) is 17.8. The summed E-state index contributed by atoms with van der Waals surface area (Å²) in [5, 5.41) is 0. The predicted octanol–water partition coefficient (Wildman–Crippen LogP) is 4.20. The minimum atomic E-state index is -4.00. The number of hydrogen-bond donors (Lipinski definition) is 1. The van der Waals surface area contributed by atoms with Gasteiger partial charge in [-0.2, -0.15) is 0 Å². The fraction of sp³-hybridized carbons (Fsp3) is 0.240. The molecule has 4 rings (SSSR count). The highest BCUT2D eigenvalue weighted by Crippen LogP contribution is 2.35. The van der Waals surface area contributed by atoms with Crippen LogP contribution in [-0.4, -0.2) is 21.1 Å². The van der Waals surface area contributed by atoms with Crippen LogP contribution in [-0.2, 0) is 27.7 Å². The normalized spacial score (nSPS) is 13.5. The largest absolute Gasteiger partial charge is 0.454 e. The minimum Gasteiger partial charge on any atom is -0.454 e. The highest BCUT2D eigenvalue weighted by Gasteiger charge is 2.28. The zero-order valence-corrected chi connectivity index (χ0v) is 18.6. The SMILES string of the molecule is CCCc1ccc(S(=O)(=O)NC(=O)C(Cc2ccccc2)c2ccc3c(c2)OCO3)cc1. The number of sulfonamides is 1. The predicted molar refractivity (Wildman–Crippen MR) is 121 cm³/mol. The molecule has 1 atom stereocenters. The fourth-order valence-electron chi connectivity index (χ4n) is 3.73. The van der Waals surface area contributed by atoms with Crippen LogP contribution in [0.25, 0.3) is 0 Å². The molecule has 0 radical (unpaired) electrons. The van der Waals surface area contributed by atoms with Crippen molar-refractivity contribution < 1.29 is 22.7 Å². The van der Waals surface area contributed by atoms with E-state index in [1.165, 1.54) is 12.1 Å². The minimum absolute atomic E-state index is 0.0647. The lowest BCUT2D eigenvalue weighted by Gasteiger charge is -2.18. The van der Waals surface area contributed by atoms with Gasteiger partial charge in [0, 0.05) is 0 Å². The molecule has 0 spiro atoms. The summed E-state index contributed by atoms with van der Waals surface area (Å²) in [5.41, 5.74) is 2.64. The lowest BCUT2D eigenvalue weighted by atomic mass is 9.91. The van der Waals surface area contributed by atoms with Crippen LogP contribution in [0.5, 0.6) is 11.5 Å². The molecule has 1 aliphatic rings. The second-order valence-corrected chi connectivity index (χ2v) is 9.40. The van der Waals surface area contributed by atoms with Crippen LogP contribution in [0.15, 0.2) is 77.7 Å². The molecule has 1 N–H and O–H groups in total. The lowest BCUT2D eigenvalue weighted by molar-refractivity contribution is -0.120. The van der Waals surface area contributed by atoms with E-state index in [4.69, 9.17) is 9.47 Å². The summed E-state index contributed by atoms with van der Waals surface area (Å²) in [6.07, 6.45) is 2.19.